The Bertz CT molecular complexity index is 375. The molecule has 1 aromatic rings. The van der Waals surface area contributed by atoms with Crippen molar-refractivity contribution in [2.75, 3.05) is 6.61 Å². The Morgan fingerprint density at radius 2 is 2.06 bits per heavy atom. The first-order valence-electron chi connectivity index (χ1n) is 6.76. The fourth-order valence-electron chi connectivity index (χ4n) is 2.66. The normalized spacial score (nSPS) is 25.7. The minimum Gasteiger partial charge on any atom is -0.396 e. The quantitative estimate of drug-likeness (QED) is 0.855. The molecule has 0 bridgehead atoms. The van der Waals surface area contributed by atoms with Crippen LogP contribution in [0.1, 0.15) is 38.6 Å². The van der Waals surface area contributed by atoms with Crippen molar-refractivity contribution >= 4 is 5.91 Å². The van der Waals surface area contributed by atoms with Crippen LogP contribution in [0, 0.1) is 5.92 Å². The zero-order valence-electron chi connectivity index (χ0n) is 10.9. The maximum Gasteiger partial charge on any atom is 0.242 e. The number of nitrogens with zero attached hydrogens (tertiary/aromatic N) is 1. The molecule has 0 aliphatic heterocycles. The van der Waals surface area contributed by atoms with Crippen LogP contribution in [0.15, 0.2) is 24.5 Å². The van der Waals surface area contributed by atoms with E-state index in [0.717, 1.165) is 25.7 Å². The lowest BCUT2D eigenvalue weighted by molar-refractivity contribution is -0.125. The van der Waals surface area contributed by atoms with Crippen molar-refractivity contribution in [2.24, 2.45) is 5.92 Å². The van der Waals surface area contributed by atoms with Crippen LogP contribution < -0.4 is 5.32 Å². The monoisotopic (exact) mass is 250 g/mol. The number of aliphatic hydroxyl groups excluding tert-OH is 1. The molecule has 4 nitrogen and oxygen atoms in total. The summed E-state index contributed by atoms with van der Waals surface area (Å²) in [5.41, 5.74) is 0. The molecule has 1 heterocycles. The van der Waals surface area contributed by atoms with Crippen LogP contribution in [0.25, 0.3) is 0 Å². The van der Waals surface area contributed by atoms with Gasteiger partial charge in [-0.05, 0) is 31.9 Å². The van der Waals surface area contributed by atoms with Crippen molar-refractivity contribution in [1.82, 2.24) is 9.88 Å². The van der Waals surface area contributed by atoms with E-state index in [0.29, 0.717) is 0 Å². The van der Waals surface area contributed by atoms with Crippen molar-refractivity contribution in [2.45, 2.75) is 44.7 Å². The van der Waals surface area contributed by atoms with Gasteiger partial charge < -0.3 is 15.0 Å². The van der Waals surface area contributed by atoms with Gasteiger partial charge in [0.2, 0.25) is 5.91 Å². The second-order valence-corrected chi connectivity index (χ2v) is 5.15. The lowest BCUT2D eigenvalue weighted by atomic mass is 9.85. The standard InChI is InChI=1S/C14H22N2O2/c1-11(16-8-4-5-9-16)14(18)15-13-7-3-2-6-12(13)10-17/h4-5,8-9,11-13,17H,2-3,6-7,10H2,1H3,(H,15,18). The molecule has 18 heavy (non-hydrogen) atoms. The van der Waals surface area contributed by atoms with Crippen LogP contribution in [-0.4, -0.2) is 28.2 Å². The molecule has 0 radical (unpaired) electrons. The van der Waals surface area contributed by atoms with Gasteiger partial charge in [0.1, 0.15) is 6.04 Å². The number of hydrogen-bond donors (Lipinski definition) is 2. The van der Waals surface area contributed by atoms with Gasteiger partial charge in [0.05, 0.1) is 0 Å². The van der Waals surface area contributed by atoms with E-state index in [2.05, 4.69) is 5.32 Å². The lowest BCUT2D eigenvalue weighted by Gasteiger charge is -2.31. The highest BCUT2D eigenvalue weighted by molar-refractivity contribution is 5.80. The number of rotatable bonds is 4. The topological polar surface area (TPSA) is 54.3 Å². The van der Waals surface area contributed by atoms with E-state index in [1.54, 1.807) is 0 Å². The molecule has 1 amide bonds. The molecule has 1 fully saturated rings. The molecule has 2 N–H and O–H groups in total. The van der Waals surface area contributed by atoms with E-state index >= 15 is 0 Å². The molecule has 0 saturated heterocycles. The van der Waals surface area contributed by atoms with Gasteiger partial charge in [0, 0.05) is 31.0 Å². The number of aromatic nitrogens is 1. The Morgan fingerprint density at radius 1 is 1.39 bits per heavy atom. The van der Waals surface area contributed by atoms with E-state index in [-0.39, 0.29) is 30.5 Å². The maximum atomic E-state index is 12.2. The molecular formula is C14H22N2O2. The van der Waals surface area contributed by atoms with E-state index in [4.69, 9.17) is 0 Å². The first kappa shape index (κ1) is 13.1. The van der Waals surface area contributed by atoms with Crippen molar-refractivity contribution in [3.63, 3.8) is 0 Å². The summed E-state index contributed by atoms with van der Waals surface area (Å²) < 4.78 is 1.89. The van der Waals surface area contributed by atoms with E-state index in [9.17, 15) is 9.90 Å². The van der Waals surface area contributed by atoms with Gasteiger partial charge in [0.25, 0.3) is 0 Å². The number of nitrogens with one attached hydrogen (secondary N) is 1. The molecular weight excluding hydrogens is 228 g/mol. The van der Waals surface area contributed by atoms with Crippen LogP contribution in [0.3, 0.4) is 0 Å². The van der Waals surface area contributed by atoms with Crippen LogP contribution in [0.2, 0.25) is 0 Å². The van der Waals surface area contributed by atoms with Gasteiger partial charge in [-0.25, -0.2) is 0 Å². The summed E-state index contributed by atoms with van der Waals surface area (Å²) in [5, 5.41) is 12.4. The van der Waals surface area contributed by atoms with Gasteiger partial charge in [-0.3, -0.25) is 4.79 Å². The third kappa shape index (κ3) is 2.93. The molecule has 1 saturated carbocycles. The molecule has 4 heteroatoms. The molecule has 3 atom stereocenters. The smallest absolute Gasteiger partial charge is 0.242 e. The second-order valence-electron chi connectivity index (χ2n) is 5.15. The van der Waals surface area contributed by atoms with Crippen molar-refractivity contribution in [3.8, 4) is 0 Å². The Hall–Kier alpha value is -1.29. The van der Waals surface area contributed by atoms with Gasteiger partial charge in [0.15, 0.2) is 0 Å². The van der Waals surface area contributed by atoms with Crippen molar-refractivity contribution in [3.05, 3.63) is 24.5 Å². The number of carbonyl (C=O) groups is 1. The summed E-state index contributed by atoms with van der Waals surface area (Å²) in [6, 6.07) is 3.78. The molecule has 0 aromatic carbocycles. The highest BCUT2D eigenvalue weighted by Crippen LogP contribution is 2.24. The van der Waals surface area contributed by atoms with Gasteiger partial charge in [-0.2, -0.15) is 0 Å². The fraction of sp³-hybridized carbons (Fsp3) is 0.643. The first-order chi connectivity index (χ1) is 8.72. The molecule has 3 unspecified atom stereocenters. The SMILES string of the molecule is CC(C(=O)NC1CCCCC1CO)n1cccc1. The van der Waals surface area contributed by atoms with Crippen molar-refractivity contribution < 1.29 is 9.90 Å². The van der Waals surface area contributed by atoms with Crippen LogP contribution >= 0.6 is 0 Å². The first-order valence-corrected chi connectivity index (χ1v) is 6.76. The molecule has 1 aliphatic rings. The largest absolute Gasteiger partial charge is 0.396 e. The third-order valence-corrected chi connectivity index (χ3v) is 3.93. The van der Waals surface area contributed by atoms with Gasteiger partial charge in [-0.15, -0.1) is 0 Å². The minimum atomic E-state index is -0.193. The Labute approximate surface area is 108 Å². The predicted molar refractivity (Wildman–Crippen MR) is 70.1 cm³/mol. The number of aliphatic hydroxyl groups is 1. The minimum absolute atomic E-state index is 0.0385. The summed E-state index contributed by atoms with van der Waals surface area (Å²) in [6.07, 6.45) is 8.09. The molecule has 1 aliphatic carbocycles. The van der Waals surface area contributed by atoms with Gasteiger partial charge in [-0.1, -0.05) is 12.8 Å². The fourth-order valence-corrected chi connectivity index (χ4v) is 2.66. The molecule has 100 valence electrons. The Morgan fingerprint density at radius 3 is 2.72 bits per heavy atom. The Kier molecular flexibility index (Phi) is 4.42. The average molecular weight is 250 g/mol. The average Bonchev–Trinajstić information content (AvgIpc) is 2.92. The third-order valence-electron chi connectivity index (χ3n) is 3.93. The molecule has 0 spiro atoms. The summed E-state index contributed by atoms with van der Waals surface area (Å²) in [5.74, 6) is 0.260. The highest BCUT2D eigenvalue weighted by Gasteiger charge is 2.27. The van der Waals surface area contributed by atoms with Gasteiger partial charge >= 0.3 is 0 Å². The lowest BCUT2D eigenvalue weighted by Crippen LogP contribution is -2.45. The zero-order chi connectivity index (χ0) is 13.0. The predicted octanol–water partition coefficient (Wildman–Crippen LogP) is 1.72. The van der Waals surface area contributed by atoms with Crippen LogP contribution in [0.5, 0.6) is 0 Å². The molecule has 1 aromatic heterocycles. The summed E-state index contributed by atoms with van der Waals surface area (Å²) >= 11 is 0. The summed E-state index contributed by atoms with van der Waals surface area (Å²) in [4.78, 5) is 12.2. The maximum absolute atomic E-state index is 12.2. The number of amides is 1. The van der Waals surface area contributed by atoms with E-state index in [1.807, 2.05) is 36.0 Å². The van der Waals surface area contributed by atoms with E-state index in [1.165, 1.54) is 0 Å². The summed E-state index contributed by atoms with van der Waals surface area (Å²) in [6.45, 7) is 2.06. The van der Waals surface area contributed by atoms with Crippen molar-refractivity contribution in [1.29, 1.82) is 0 Å². The van der Waals surface area contributed by atoms with E-state index < -0.39 is 0 Å². The van der Waals surface area contributed by atoms with Crippen LogP contribution in [-0.2, 0) is 4.79 Å². The second kappa shape index (κ2) is 6.05. The molecule has 2 rings (SSSR count). The number of carbonyl (C=O) groups excluding carboxylic acids is 1. The summed E-state index contributed by atoms with van der Waals surface area (Å²) in [7, 11) is 0. The zero-order valence-corrected chi connectivity index (χ0v) is 10.9. The number of hydrogen-bond acceptors (Lipinski definition) is 2. The van der Waals surface area contributed by atoms with Crippen LogP contribution in [0.4, 0.5) is 0 Å². The highest BCUT2D eigenvalue weighted by atomic mass is 16.3. The Balaban J connectivity index is 1.93.